The molecule has 1 aromatic carbocycles. The number of amides is 3. The third-order valence-corrected chi connectivity index (χ3v) is 6.41. The van der Waals surface area contributed by atoms with Crippen molar-refractivity contribution in [3.8, 4) is 0 Å². The Bertz CT molecular complexity index is 1080. The number of thiophene rings is 1. The Balaban J connectivity index is 1.28. The number of aromatic nitrogens is 1. The highest BCUT2D eigenvalue weighted by Gasteiger charge is 2.24. The normalized spacial score (nSPS) is 13.6. The molecule has 3 amide bonds. The highest BCUT2D eigenvalue weighted by Crippen LogP contribution is 2.19. The zero-order valence-corrected chi connectivity index (χ0v) is 19.0. The fourth-order valence-corrected chi connectivity index (χ4v) is 4.38. The molecule has 2 aromatic heterocycles. The molecule has 1 aliphatic heterocycles. The van der Waals surface area contributed by atoms with E-state index in [4.69, 9.17) is 0 Å². The minimum absolute atomic E-state index is 0.166. The van der Waals surface area contributed by atoms with E-state index in [2.05, 4.69) is 15.6 Å². The van der Waals surface area contributed by atoms with Gasteiger partial charge in [0.25, 0.3) is 5.91 Å². The molecule has 0 unspecified atom stereocenters. The average Bonchev–Trinajstić information content (AvgIpc) is 3.37. The number of carbonyl (C=O) groups excluding carboxylic acids is 2. The van der Waals surface area contributed by atoms with E-state index >= 15 is 0 Å². The third-order valence-electron chi connectivity index (χ3n) is 5.53. The van der Waals surface area contributed by atoms with Crippen LogP contribution in [0.4, 0.5) is 15.0 Å². The number of piperazine rings is 1. The summed E-state index contributed by atoms with van der Waals surface area (Å²) in [4.78, 5) is 34.6. The van der Waals surface area contributed by atoms with Gasteiger partial charge in [-0.2, -0.15) is 0 Å². The Kier molecular flexibility index (Phi) is 7.51. The van der Waals surface area contributed by atoms with E-state index in [1.54, 1.807) is 52.8 Å². The van der Waals surface area contributed by atoms with Crippen LogP contribution in [-0.2, 0) is 13.0 Å². The second-order valence-corrected chi connectivity index (χ2v) is 8.72. The molecule has 0 aliphatic carbocycles. The smallest absolute Gasteiger partial charge is 0.317 e. The maximum Gasteiger partial charge on any atom is 0.317 e. The second kappa shape index (κ2) is 10.9. The number of benzene rings is 1. The lowest BCUT2D eigenvalue weighted by Crippen LogP contribution is -2.52. The molecular formula is C24H26FN5O2S. The molecule has 33 heavy (non-hydrogen) atoms. The molecule has 2 N–H and O–H groups in total. The zero-order valence-electron chi connectivity index (χ0n) is 18.2. The van der Waals surface area contributed by atoms with E-state index < -0.39 is 0 Å². The fourth-order valence-electron chi connectivity index (χ4n) is 3.74. The van der Waals surface area contributed by atoms with Gasteiger partial charge < -0.3 is 20.4 Å². The van der Waals surface area contributed by atoms with Crippen molar-refractivity contribution in [3.63, 3.8) is 0 Å². The molecule has 7 nitrogen and oxygen atoms in total. The molecule has 9 heteroatoms. The van der Waals surface area contributed by atoms with Crippen LogP contribution in [0.25, 0.3) is 0 Å². The first kappa shape index (κ1) is 22.7. The van der Waals surface area contributed by atoms with Gasteiger partial charge in [0.1, 0.15) is 11.6 Å². The predicted octanol–water partition coefficient (Wildman–Crippen LogP) is 3.29. The van der Waals surface area contributed by atoms with Crippen molar-refractivity contribution < 1.29 is 14.0 Å². The van der Waals surface area contributed by atoms with Crippen LogP contribution in [0.2, 0.25) is 0 Å². The standard InChI is InChI=1S/C24H26FN5O2S/c25-21-8-2-1-5-18(21)9-11-27-24(32)30-14-12-29(13-15-30)22-20(7-3-10-26-22)23(31)28-17-19-6-4-16-33-19/h1-8,10,16H,9,11-15,17H2,(H,27,32)(H,28,31). The number of hydrogen-bond donors (Lipinski definition) is 2. The molecule has 0 spiro atoms. The summed E-state index contributed by atoms with van der Waals surface area (Å²) in [5.74, 6) is 0.201. The van der Waals surface area contributed by atoms with Gasteiger partial charge in [-0.15, -0.1) is 11.3 Å². The topological polar surface area (TPSA) is 77.6 Å². The first-order valence-electron chi connectivity index (χ1n) is 10.9. The highest BCUT2D eigenvalue weighted by molar-refractivity contribution is 7.09. The quantitative estimate of drug-likeness (QED) is 0.559. The Morgan fingerprint density at radius 1 is 1.00 bits per heavy atom. The monoisotopic (exact) mass is 467 g/mol. The molecule has 0 bridgehead atoms. The van der Waals surface area contributed by atoms with Gasteiger partial charge in [-0.05, 0) is 41.6 Å². The summed E-state index contributed by atoms with van der Waals surface area (Å²) in [6.45, 7) is 3.02. The second-order valence-electron chi connectivity index (χ2n) is 7.68. The molecule has 1 saturated heterocycles. The Labute approximate surface area is 196 Å². The molecule has 1 fully saturated rings. The maximum atomic E-state index is 13.7. The van der Waals surface area contributed by atoms with Crippen LogP contribution >= 0.6 is 11.3 Å². The Hall–Kier alpha value is -3.46. The minimum atomic E-state index is -0.258. The number of pyridine rings is 1. The van der Waals surface area contributed by atoms with Crippen molar-refractivity contribution in [3.05, 3.63) is 81.9 Å². The summed E-state index contributed by atoms with van der Waals surface area (Å²) in [5, 5.41) is 7.80. The van der Waals surface area contributed by atoms with Gasteiger partial charge in [0.2, 0.25) is 0 Å². The van der Waals surface area contributed by atoms with Gasteiger partial charge in [-0.3, -0.25) is 4.79 Å². The molecule has 172 valence electrons. The molecule has 0 saturated carbocycles. The lowest BCUT2D eigenvalue weighted by molar-refractivity contribution is 0.0951. The summed E-state index contributed by atoms with van der Waals surface area (Å²) in [6, 6.07) is 13.9. The molecule has 0 radical (unpaired) electrons. The van der Waals surface area contributed by atoms with Crippen LogP contribution in [0.1, 0.15) is 20.8 Å². The average molecular weight is 468 g/mol. The number of anilines is 1. The summed E-state index contributed by atoms with van der Waals surface area (Å²) >= 11 is 1.60. The van der Waals surface area contributed by atoms with Crippen LogP contribution in [-0.4, -0.2) is 54.5 Å². The van der Waals surface area contributed by atoms with Crippen LogP contribution in [0, 0.1) is 5.82 Å². The SMILES string of the molecule is O=C(NCc1cccs1)c1cccnc1N1CCN(C(=O)NCCc2ccccc2F)CC1. The molecule has 3 aromatic rings. The summed E-state index contributed by atoms with van der Waals surface area (Å²) in [7, 11) is 0. The summed E-state index contributed by atoms with van der Waals surface area (Å²) < 4.78 is 13.7. The molecular weight excluding hydrogens is 441 g/mol. The van der Waals surface area contributed by atoms with E-state index in [-0.39, 0.29) is 17.8 Å². The van der Waals surface area contributed by atoms with Crippen molar-refractivity contribution in [2.24, 2.45) is 0 Å². The highest BCUT2D eigenvalue weighted by atomic mass is 32.1. The summed E-state index contributed by atoms with van der Waals surface area (Å²) in [6.07, 6.45) is 2.11. The fraction of sp³-hybridized carbons (Fsp3) is 0.292. The first-order valence-corrected chi connectivity index (χ1v) is 11.8. The number of nitrogens with zero attached hydrogens (tertiary/aromatic N) is 3. The number of nitrogens with one attached hydrogen (secondary N) is 2. The van der Waals surface area contributed by atoms with Crippen LogP contribution < -0.4 is 15.5 Å². The Morgan fingerprint density at radius 2 is 1.82 bits per heavy atom. The number of carbonyl (C=O) groups is 2. The predicted molar refractivity (Wildman–Crippen MR) is 127 cm³/mol. The molecule has 1 aliphatic rings. The van der Waals surface area contributed by atoms with Gasteiger partial charge in [0, 0.05) is 43.8 Å². The third kappa shape index (κ3) is 5.87. The molecule has 0 atom stereocenters. The van der Waals surface area contributed by atoms with Crippen LogP contribution in [0.5, 0.6) is 0 Å². The van der Waals surface area contributed by atoms with Crippen molar-refractivity contribution in [1.29, 1.82) is 0 Å². The lowest BCUT2D eigenvalue weighted by Gasteiger charge is -2.36. The molecule has 4 rings (SSSR count). The number of urea groups is 1. The van der Waals surface area contributed by atoms with Crippen molar-refractivity contribution >= 4 is 29.1 Å². The number of rotatable bonds is 7. The minimum Gasteiger partial charge on any atom is -0.352 e. The van der Waals surface area contributed by atoms with Crippen LogP contribution in [0.3, 0.4) is 0 Å². The lowest BCUT2D eigenvalue weighted by atomic mass is 10.1. The van der Waals surface area contributed by atoms with E-state index in [1.165, 1.54) is 6.07 Å². The largest absolute Gasteiger partial charge is 0.352 e. The van der Waals surface area contributed by atoms with E-state index in [9.17, 15) is 14.0 Å². The van der Waals surface area contributed by atoms with E-state index in [0.717, 1.165) is 4.88 Å². The summed E-state index contributed by atoms with van der Waals surface area (Å²) in [5.41, 5.74) is 1.11. The van der Waals surface area contributed by atoms with Gasteiger partial charge in [-0.25, -0.2) is 14.2 Å². The number of halogens is 1. The maximum absolute atomic E-state index is 13.7. The van der Waals surface area contributed by atoms with Crippen LogP contribution in [0.15, 0.2) is 60.1 Å². The van der Waals surface area contributed by atoms with Crippen molar-refractivity contribution in [2.75, 3.05) is 37.6 Å². The van der Waals surface area contributed by atoms with Crippen molar-refractivity contribution in [1.82, 2.24) is 20.5 Å². The Morgan fingerprint density at radius 3 is 2.58 bits per heavy atom. The first-order chi connectivity index (χ1) is 16.1. The van der Waals surface area contributed by atoms with Gasteiger partial charge >= 0.3 is 6.03 Å². The van der Waals surface area contributed by atoms with Gasteiger partial charge in [0.05, 0.1) is 12.1 Å². The zero-order chi connectivity index (χ0) is 23.0. The van der Waals surface area contributed by atoms with Crippen molar-refractivity contribution in [2.45, 2.75) is 13.0 Å². The van der Waals surface area contributed by atoms with E-state index in [0.29, 0.717) is 62.6 Å². The van der Waals surface area contributed by atoms with E-state index in [1.807, 2.05) is 22.4 Å². The number of hydrogen-bond acceptors (Lipinski definition) is 5. The van der Waals surface area contributed by atoms with Gasteiger partial charge in [-0.1, -0.05) is 24.3 Å². The van der Waals surface area contributed by atoms with Gasteiger partial charge in [0.15, 0.2) is 0 Å². The molecule has 3 heterocycles.